The van der Waals surface area contributed by atoms with Crippen LogP contribution in [0.25, 0.3) is 0 Å². The van der Waals surface area contributed by atoms with E-state index in [0.29, 0.717) is 17.2 Å². The van der Waals surface area contributed by atoms with E-state index < -0.39 is 27.5 Å². The van der Waals surface area contributed by atoms with Crippen molar-refractivity contribution in [1.29, 1.82) is 0 Å². The summed E-state index contributed by atoms with van der Waals surface area (Å²) in [6.07, 6.45) is 0.443. The lowest BCUT2D eigenvalue weighted by molar-refractivity contribution is -0.149. The maximum Gasteiger partial charge on any atom is 0.335 e. The third-order valence-electron chi connectivity index (χ3n) is 5.55. The van der Waals surface area contributed by atoms with E-state index in [0.717, 1.165) is 0 Å². The number of hydrogen-bond acceptors (Lipinski definition) is 7. The molecule has 1 amide bonds. The molecule has 0 aromatic heterocycles. The molecule has 164 valence electrons. The number of sulfonamides is 1. The van der Waals surface area contributed by atoms with E-state index in [-0.39, 0.29) is 42.8 Å². The fraction of sp³-hybridized carbons (Fsp3) is 0.500. The number of rotatable bonds is 6. The van der Waals surface area contributed by atoms with Crippen LogP contribution in [-0.2, 0) is 24.3 Å². The number of carbonyl (C=O) groups excluding carboxylic acids is 2. The second kappa shape index (κ2) is 8.27. The smallest absolute Gasteiger partial charge is 0.335 e. The average Bonchev–Trinajstić information content (AvgIpc) is 2.97. The molecule has 2 aliphatic rings. The topological polar surface area (TPSA) is 111 Å². The van der Waals surface area contributed by atoms with Crippen molar-refractivity contribution in [1.82, 2.24) is 4.31 Å². The van der Waals surface area contributed by atoms with Crippen molar-refractivity contribution >= 4 is 27.6 Å². The molecule has 0 unspecified atom stereocenters. The minimum atomic E-state index is -3.35. The fourth-order valence-electron chi connectivity index (χ4n) is 3.86. The number of piperidine rings is 1. The van der Waals surface area contributed by atoms with Crippen molar-refractivity contribution < 1.29 is 32.2 Å². The normalized spacial score (nSPS) is 19.0. The lowest BCUT2D eigenvalue weighted by Crippen LogP contribution is -2.49. The van der Waals surface area contributed by atoms with Crippen LogP contribution in [0.1, 0.15) is 26.7 Å². The van der Waals surface area contributed by atoms with Crippen LogP contribution in [0.2, 0.25) is 0 Å². The monoisotopic (exact) mass is 438 g/mol. The van der Waals surface area contributed by atoms with Gasteiger partial charge in [0, 0.05) is 55.4 Å². The molecule has 0 bridgehead atoms. The van der Waals surface area contributed by atoms with Crippen LogP contribution in [0, 0.1) is 0 Å². The van der Waals surface area contributed by atoms with Gasteiger partial charge in [-0.25, -0.2) is 17.5 Å². The highest BCUT2D eigenvalue weighted by molar-refractivity contribution is 7.89. The van der Waals surface area contributed by atoms with Gasteiger partial charge < -0.3 is 19.5 Å². The first-order chi connectivity index (χ1) is 14.2. The number of nitrogens with one attached hydrogen (secondary N) is 1. The Morgan fingerprint density at radius 2 is 1.73 bits per heavy atom. The lowest BCUT2D eigenvalue weighted by atomic mass is 9.83. The molecule has 0 aliphatic carbocycles. The molecular formula is C20H26N2O7S. The van der Waals surface area contributed by atoms with Crippen LogP contribution < -0.4 is 14.8 Å². The number of ether oxygens (including phenoxy) is 3. The van der Waals surface area contributed by atoms with Gasteiger partial charge in [-0.2, -0.15) is 0 Å². The van der Waals surface area contributed by atoms with Gasteiger partial charge in [-0.05, 0) is 13.8 Å². The summed E-state index contributed by atoms with van der Waals surface area (Å²) in [4.78, 5) is 25.5. The molecule has 1 aromatic carbocycles. The quantitative estimate of drug-likeness (QED) is 0.673. The molecule has 30 heavy (non-hydrogen) atoms. The van der Waals surface area contributed by atoms with Crippen molar-refractivity contribution in [3.05, 3.63) is 29.3 Å². The number of amides is 1. The molecule has 3 rings (SSSR count). The van der Waals surface area contributed by atoms with Gasteiger partial charge in [0.25, 0.3) is 5.91 Å². The molecule has 0 atom stereocenters. The van der Waals surface area contributed by atoms with Crippen molar-refractivity contribution in [3.63, 3.8) is 0 Å². The van der Waals surface area contributed by atoms with Crippen molar-refractivity contribution in [2.45, 2.75) is 32.3 Å². The Hall–Kier alpha value is -2.59. The first-order valence-corrected chi connectivity index (χ1v) is 11.2. The van der Waals surface area contributed by atoms with Gasteiger partial charge in [-0.15, -0.1) is 0 Å². The minimum absolute atomic E-state index is 0.000326. The maximum absolute atomic E-state index is 13.2. The predicted molar refractivity (Wildman–Crippen MR) is 110 cm³/mol. The molecule has 9 nitrogen and oxygen atoms in total. The standard InChI is InChI=1S/C20H26N2O7S/c1-5-30(25,26)22-8-6-20(7-9-22)17(13(2)19(24)29-20)18(23)21-14-10-15(27-3)12-16(11-14)28-4/h10-12H,5-9H2,1-4H3,(H,21,23). The van der Waals surface area contributed by atoms with E-state index in [9.17, 15) is 18.0 Å². The number of benzene rings is 1. The Labute approximate surface area is 176 Å². The van der Waals surface area contributed by atoms with Crippen molar-refractivity contribution in [2.75, 3.05) is 38.4 Å². The fourth-order valence-corrected chi connectivity index (χ4v) is 4.96. The molecule has 1 N–H and O–H groups in total. The van der Waals surface area contributed by atoms with Gasteiger partial charge in [-0.3, -0.25) is 4.79 Å². The Morgan fingerprint density at radius 1 is 1.17 bits per heavy atom. The molecule has 1 aromatic rings. The summed E-state index contributed by atoms with van der Waals surface area (Å²) >= 11 is 0. The second-order valence-electron chi connectivity index (χ2n) is 7.24. The van der Waals surface area contributed by atoms with Gasteiger partial charge >= 0.3 is 5.97 Å². The van der Waals surface area contributed by atoms with Crippen LogP contribution in [0.15, 0.2) is 29.3 Å². The van der Waals surface area contributed by atoms with E-state index in [2.05, 4.69) is 5.32 Å². The summed E-state index contributed by atoms with van der Waals surface area (Å²) in [6.45, 7) is 3.49. The first kappa shape index (κ1) is 22.1. The number of carbonyl (C=O) groups is 2. The van der Waals surface area contributed by atoms with Crippen molar-refractivity contribution in [2.24, 2.45) is 0 Å². The van der Waals surface area contributed by atoms with E-state index in [1.54, 1.807) is 32.0 Å². The number of anilines is 1. The van der Waals surface area contributed by atoms with Gasteiger partial charge in [0.15, 0.2) is 0 Å². The van der Waals surface area contributed by atoms with Crippen LogP contribution in [0.3, 0.4) is 0 Å². The number of hydrogen-bond donors (Lipinski definition) is 1. The summed E-state index contributed by atoms with van der Waals surface area (Å²) in [5, 5.41) is 2.79. The highest BCUT2D eigenvalue weighted by atomic mass is 32.2. The Kier molecular flexibility index (Phi) is 6.09. The Bertz CT molecular complexity index is 970. The SMILES string of the molecule is CCS(=O)(=O)N1CCC2(CC1)OC(=O)C(C)=C2C(=O)Nc1cc(OC)cc(OC)c1. The van der Waals surface area contributed by atoms with Crippen LogP contribution >= 0.6 is 0 Å². The molecule has 10 heteroatoms. The number of esters is 1. The zero-order valence-corrected chi connectivity index (χ0v) is 18.3. The summed E-state index contributed by atoms with van der Waals surface area (Å²) in [7, 11) is -0.340. The average molecular weight is 439 g/mol. The van der Waals surface area contributed by atoms with E-state index >= 15 is 0 Å². The molecule has 1 fully saturated rings. The molecule has 1 saturated heterocycles. The van der Waals surface area contributed by atoms with Gasteiger partial charge in [0.2, 0.25) is 10.0 Å². The first-order valence-electron chi connectivity index (χ1n) is 9.62. The molecule has 0 radical (unpaired) electrons. The molecular weight excluding hydrogens is 412 g/mol. The Morgan fingerprint density at radius 3 is 2.23 bits per heavy atom. The Balaban J connectivity index is 1.86. The zero-order chi connectivity index (χ0) is 22.1. The van der Waals surface area contributed by atoms with Crippen LogP contribution in [0.5, 0.6) is 11.5 Å². The zero-order valence-electron chi connectivity index (χ0n) is 17.5. The summed E-state index contributed by atoms with van der Waals surface area (Å²) < 4.78 is 41.8. The van der Waals surface area contributed by atoms with Gasteiger partial charge in [0.05, 0.1) is 25.5 Å². The molecule has 2 aliphatic heterocycles. The summed E-state index contributed by atoms with van der Waals surface area (Å²) in [5.74, 6) is -0.0286. The summed E-state index contributed by atoms with van der Waals surface area (Å²) in [6, 6.07) is 4.95. The summed E-state index contributed by atoms with van der Waals surface area (Å²) in [5.41, 5.74) is -0.220. The third-order valence-corrected chi connectivity index (χ3v) is 7.43. The molecule has 0 saturated carbocycles. The van der Waals surface area contributed by atoms with Crippen LogP contribution in [-0.4, -0.2) is 63.3 Å². The molecule has 1 spiro atoms. The van der Waals surface area contributed by atoms with E-state index in [4.69, 9.17) is 14.2 Å². The van der Waals surface area contributed by atoms with Gasteiger partial charge in [-0.1, -0.05) is 0 Å². The highest BCUT2D eigenvalue weighted by Gasteiger charge is 2.51. The van der Waals surface area contributed by atoms with Crippen LogP contribution in [0.4, 0.5) is 5.69 Å². The number of nitrogens with zero attached hydrogens (tertiary/aromatic N) is 1. The van der Waals surface area contributed by atoms with Gasteiger partial charge in [0.1, 0.15) is 17.1 Å². The third kappa shape index (κ3) is 4.01. The van der Waals surface area contributed by atoms with Crippen molar-refractivity contribution in [3.8, 4) is 11.5 Å². The highest BCUT2D eigenvalue weighted by Crippen LogP contribution is 2.42. The maximum atomic E-state index is 13.2. The molecule has 2 heterocycles. The number of methoxy groups -OCH3 is 2. The lowest BCUT2D eigenvalue weighted by Gasteiger charge is -2.38. The largest absolute Gasteiger partial charge is 0.497 e. The second-order valence-corrected chi connectivity index (χ2v) is 9.50. The predicted octanol–water partition coefficient (Wildman–Crippen LogP) is 1.70. The van der Waals surface area contributed by atoms with E-state index in [1.807, 2.05) is 0 Å². The minimum Gasteiger partial charge on any atom is -0.497 e. The van der Waals surface area contributed by atoms with E-state index in [1.165, 1.54) is 18.5 Å².